The minimum absolute atomic E-state index is 0. The van der Waals surface area contributed by atoms with Crippen LogP contribution in [0.15, 0.2) is 59.5 Å². The van der Waals surface area contributed by atoms with E-state index in [9.17, 15) is 0 Å². The number of aryl methyl sites for hydroxylation is 1. The Morgan fingerprint density at radius 2 is 1.82 bits per heavy atom. The summed E-state index contributed by atoms with van der Waals surface area (Å²) in [5.74, 6) is 0.578. The number of aromatic nitrogens is 4. The average molecular weight is 313 g/mol. The number of para-hydroxylation sites is 2. The Hall–Kier alpha value is -2.66. The van der Waals surface area contributed by atoms with Crippen LogP contribution in [0, 0.1) is 0 Å². The molecule has 3 heterocycles. The van der Waals surface area contributed by atoms with E-state index in [1.807, 2.05) is 56.0 Å². The SMILES string of the molecule is Cl.Cn1cc(-c2cncc(-c3nc4ccccc4o3)c2)cn1. The Morgan fingerprint density at radius 1 is 1.00 bits per heavy atom. The van der Waals surface area contributed by atoms with Crippen LogP contribution in [0.1, 0.15) is 0 Å². The fraction of sp³-hybridized carbons (Fsp3) is 0.0625. The zero-order valence-corrected chi connectivity index (χ0v) is 12.6. The first kappa shape index (κ1) is 14.3. The summed E-state index contributed by atoms with van der Waals surface area (Å²) >= 11 is 0. The number of benzene rings is 1. The van der Waals surface area contributed by atoms with Gasteiger partial charge in [-0.25, -0.2) is 4.98 Å². The van der Waals surface area contributed by atoms with Gasteiger partial charge in [0.05, 0.1) is 11.8 Å². The van der Waals surface area contributed by atoms with Gasteiger partial charge in [-0.2, -0.15) is 5.10 Å². The second-order valence-corrected chi connectivity index (χ2v) is 4.85. The molecule has 3 aromatic heterocycles. The summed E-state index contributed by atoms with van der Waals surface area (Å²) in [5.41, 5.74) is 4.48. The predicted octanol–water partition coefficient (Wildman–Crippen LogP) is 3.71. The second kappa shape index (κ2) is 5.61. The highest BCUT2D eigenvalue weighted by Gasteiger charge is 2.10. The molecule has 0 atom stereocenters. The first-order valence-electron chi connectivity index (χ1n) is 6.59. The highest BCUT2D eigenvalue weighted by molar-refractivity contribution is 5.85. The third kappa shape index (κ3) is 2.46. The molecular weight excluding hydrogens is 300 g/mol. The van der Waals surface area contributed by atoms with E-state index in [1.54, 1.807) is 10.9 Å². The molecule has 0 aliphatic carbocycles. The molecule has 5 nitrogen and oxygen atoms in total. The number of hydrogen-bond donors (Lipinski definition) is 0. The lowest BCUT2D eigenvalue weighted by atomic mass is 10.1. The van der Waals surface area contributed by atoms with E-state index in [-0.39, 0.29) is 12.4 Å². The smallest absolute Gasteiger partial charge is 0.228 e. The van der Waals surface area contributed by atoms with Gasteiger partial charge in [-0.3, -0.25) is 9.67 Å². The summed E-state index contributed by atoms with van der Waals surface area (Å²) in [5, 5.41) is 4.18. The fourth-order valence-corrected chi connectivity index (χ4v) is 2.28. The first-order valence-corrected chi connectivity index (χ1v) is 6.59. The Bertz CT molecular complexity index is 895. The van der Waals surface area contributed by atoms with E-state index in [4.69, 9.17) is 4.42 Å². The van der Waals surface area contributed by atoms with E-state index in [1.165, 1.54) is 0 Å². The van der Waals surface area contributed by atoms with Crippen LogP contribution in [0.2, 0.25) is 0 Å². The van der Waals surface area contributed by atoms with Crippen molar-refractivity contribution in [2.45, 2.75) is 0 Å². The maximum Gasteiger partial charge on any atom is 0.228 e. The van der Waals surface area contributed by atoms with E-state index in [2.05, 4.69) is 15.1 Å². The van der Waals surface area contributed by atoms with Crippen molar-refractivity contribution < 1.29 is 4.42 Å². The van der Waals surface area contributed by atoms with Gasteiger partial charge in [0, 0.05) is 36.8 Å². The van der Waals surface area contributed by atoms with Gasteiger partial charge in [0.2, 0.25) is 5.89 Å². The zero-order chi connectivity index (χ0) is 14.2. The molecule has 1 aromatic carbocycles. The number of nitrogens with zero attached hydrogens (tertiary/aromatic N) is 4. The van der Waals surface area contributed by atoms with Crippen LogP contribution in [0.25, 0.3) is 33.7 Å². The molecule has 4 aromatic rings. The van der Waals surface area contributed by atoms with Crippen molar-refractivity contribution in [3.8, 4) is 22.6 Å². The van der Waals surface area contributed by atoms with Crippen LogP contribution in [0.3, 0.4) is 0 Å². The fourth-order valence-electron chi connectivity index (χ4n) is 2.28. The number of pyridine rings is 1. The average Bonchev–Trinajstić information content (AvgIpc) is 3.13. The Kier molecular flexibility index (Phi) is 3.65. The minimum Gasteiger partial charge on any atom is -0.436 e. The van der Waals surface area contributed by atoms with E-state index in [0.29, 0.717) is 5.89 Å². The highest BCUT2D eigenvalue weighted by atomic mass is 35.5. The first-order chi connectivity index (χ1) is 10.3. The number of rotatable bonds is 2. The molecule has 6 heteroatoms. The Morgan fingerprint density at radius 3 is 2.59 bits per heavy atom. The standard InChI is InChI=1S/C16H12N4O.ClH/c1-20-10-13(9-18-20)11-6-12(8-17-7-11)16-19-14-4-2-3-5-15(14)21-16;/h2-10H,1H3;1H. The van der Waals surface area contributed by atoms with Crippen LogP contribution in [-0.4, -0.2) is 19.7 Å². The third-order valence-electron chi connectivity index (χ3n) is 3.32. The number of hydrogen-bond acceptors (Lipinski definition) is 4. The maximum atomic E-state index is 5.78. The summed E-state index contributed by atoms with van der Waals surface area (Å²) in [6.07, 6.45) is 7.33. The quantitative estimate of drug-likeness (QED) is 0.566. The number of halogens is 1. The summed E-state index contributed by atoms with van der Waals surface area (Å²) in [6, 6.07) is 9.72. The summed E-state index contributed by atoms with van der Waals surface area (Å²) < 4.78 is 7.54. The molecular formula is C16H13ClN4O. The van der Waals surface area contributed by atoms with Crippen LogP contribution >= 0.6 is 12.4 Å². The van der Waals surface area contributed by atoms with Gasteiger partial charge in [0.1, 0.15) is 5.52 Å². The van der Waals surface area contributed by atoms with Crippen molar-refractivity contribution in [1.82, 2.24) is 19.7 Å². The lowest BCUT2D eigenvalue weighted by Gasteiger charge is -1.99. The van der Waals surface area contributed by atoms with E-state index < -0.39 is 0 Å². The van der Waals surface area contributed by atoms with Crippen molar-refractivity contribution >= 4 is 23.5 Å². The predicted molar refractivity (Wildman–Crippen MR) is 86.7 cm³/mol. The van der Waals surface area contributed by atoms with Crippen molar-refractivity contribution in [3.63, 3.8) is 0 Å². The molecule has 0 unspecified atom stereocenters. The molecule has 0 aliphatic rings. The molecule has 0 spiro atoms. The van der Waals surface area contributed by atoms with Gasteiger partial charge in [0.25, 0.3) is 0 Å². The van der Waals surface area contributed by atoms with Crippen LogP contribution < -0.4 is 0 Å². The van der Waals surface area contributed by atoms with Crippen molar-refractivity contribution in [2.24, 2.45) is 7.05 Å². The van der Waals surface area contributed by atoms with Gasteiger partial charge in [-0.05, 0) is 18.2 Å². The van der Waals surface area contributed by atoms with Crippen molar-refractivity contribution in [1.29, 1.82) is 0 Å². The number of oxazole rings is 1. The molecule has 0 fully saturated rings. The molecule has 0 saturated carbocycles. The summed E-state index contributed by atoms with van der Waals surface area (Å²) in [7, 11) is 1.89. The molecule has 4 rings (SSSR count). The zero-order valence-electron chi connectivity index (χ0n) is 11.8. The normalized spacial score (nSPS) is 10.6. The van der Waals surface area contributed by atoms with Crippen LogP contribution in [0.5, 0.6) is 0 Å². The largest absolute Gasteiger partial charge is 0.436 e. The minimum atomic E-state index is 0. The maximum absolute atomic E-state index is 5.78. The molecule has 0 saturated heterocycles. The summed E-state index contributed by atoms with van der Waals surface area (Å²) in [4.78, 5) is 8.78. The van der Waals surface area contributed by atoms with Gasteiger partial charge in [-0.15, -0.1) is 12.4 Å². The summed E-state index contributed by atoms with van der Waals surface area (Å²) in [6.45, 7) is 0. The highest BCUT2D eigenvalue weighted by Crippen LogP contribution is 2.27. The Balaban J connectivity index is 0.00000144. The lowest BCUT2D eigenvalue weighted by molar-refractivity contribution is 0.619. The van der Waals surface area contributed by atoms with Gasteiger partial charge < -0.3 is 4.42 Å². The Labute approximate surface area is 133 Å². The van der Waals surface area contributed by atoms with Gasteiger partial charge >= 0.3 is 0 Å². The molecule has 0 N–H and O–H groups in total. The molecule has 0 aliphatic heterocycles. The second-order valence-electron chi connectivity index (χ2n) is 4.85. The van der Waals surface area contributed by atoms with Crippen LogP contribution in [-0.2, 0) is 7.05 Å². The lowest BCUT2D eigenvalue weighted by Crippen LogP contribution is -1.85. The van der Waals surface area contributed by atoms with Crippen molar-refractivity contribution in [3.05, 3.63) is 55.1 Å². The van der Waals surface area contributed by atoms with Crippen molar-refractivity contribution in [2.75, 3.05) is 0 Å². The van der Waals surface area contributed by atoms with Crippen LogP contribution in [0.4, 0.5) is 0 Å². The molecule has 0 amide bonds. The molecule has 110 valence electrons. The monoisotopic (exact) mass is 312 g/mol. The van der Waals surface area contributed by atoms with E-state index >= 15 is 0 Å². The van der Waals surface area contributed by atoms with E-state index in [0.717, 1.165) is 27.8 Å². The topological polar surface area (TPSA) is 56.7 Å². The number of fused-ring (bicyclic) bond motifs is 1. The molecule has 22 heavy (non-hydrogen) atoms. The van der Waals surface area contributed by atoms with Gasteiger partial charge in [-0.1, -0.05) is 12.1 Å². The third-order valence-corrected chi connectivity index (χ3v) is 3.32. The van der Waals surface area contributed by atoms with Gasteiger partial charge in [0.15, 0.2) is 5.58 Å². The molecule has 0 bridgehead atoms. The molecule has 0 radical (unpaired) electrons.